The molecule has 0 aromatic carbocycles. The number of hydrazine groups is 1. The lowest BCUT2D eigenvalue weighted by Gasteiger charge is -2.24. The summed E-state index contributed by atoms with van der Waals surface area (Å²) in [7, 11) is 0. The standard InChI is InChI=1S/C14H22ClN3O/c15-14-10-17-7-6-11(14)9-12(18-16)4-5-13-3-1-2-8-19-13/h6-7,10,12-13,18H,1-5,8-9,16H2. The third-order valence-corrected chi connectivity index (χ3v) is 4.01. The lowest BCUT2D eigenvalue weighted by molar-refractivity contribution is 0.00858. The number of hydrogen-bond acceptors (Lipinski definition) is 4. The van der Waals surface area contributed by atoms with Crippen LogP contribution in [0, 0.1) is 0 Å². The van der Waals surface area contributed by atoms with Gasteiger partial charge in [0, 0.05) is 25.0 Å². The molecule has 2 rings (SSSR count). The summed E-state index contributed by atoms with van der Waals surface area (Å²) in [5.41, 5.74) is 3.97. The topological polar surface area (TPSA) is 60.2 Å². The number of pyridine rings is 1. The fraction of sp³-hybridized carbons (Fsp3) is 0.643. The van der Waals surface area contributed by atoms with E-state index in [2.05, 4.69) is 10.4 Å². The number of rotatable bonds is 6. The van der Waals surface area contributed by atoms with Crippen LogP contribution in [-0.2, 0) is 11.2 Å². The van der Waals surface area contributed by atoms with E-state index in [0.29, 0.717) is 11.1 Å². The predicted octanol–water partition coefficient (Wildman–Crippen LogP) is 2.46. The van der Waals surface area contributed by atoms with Gasteiger partial charge in [-0.25, -0.2) is 0 Å². The third kappa shape index (κ3) is 4.73. The normalized spacial score (nSPS) is 21.3. The van der Waals surface area contributed by atoms with Crippen LogP contribution in [0.1, 0.15) is 37.7 Å². The van der Waals surface area contributed by atoms with Gasteiger partial charge in [0.05, 0.1) is 11.1 Å². The summed E-state index contributed by atoms with van der Waals surface area (Å²) in [6.07, 6.45) is 10.4. The van der Waals surface area contributed by atoms with E-state index in [1.54, 1.807) is 12.4 Å². The lowest BCUT2D eigenvalue weighted by Crippen LogP contribution is -2.37. The van der Waals surface area contributed by atoms with Gasteiger partial charge in [0.1, 0.15) is 0 Å². The van der Waals surface area contributed by atoms with Crippen LogP contribution in [0.15, 0.2) is 18.5 Å². The fourth-order valence-corrected chi connectivity index (χ4v) is 2.70. The van der Waals surface area contributed by atoms with Crippen molar-refractivity contribution in [1.29, 1.82) is 0 Å². The molecule has 0 spiro atoms. The van der Waals surface area contributed by atoms with Gasteiger partial charge in [-0.2, -0.15) is 0 Å². The van der Waals surface area contributed by atoms with Gasteiger partial charge in [-0.3, -0.25) is 16.3 Å². The molecule has 0 bridgehead atoms. The number of ether oxygens (including phenoxy) is 1. The number of nitrogens with one attached hydrogen (secondary N) is 1. The molecule has 4 nitrogen and oxygen atoms in total. The van der Waals surface area contributed by atoms with Crippen LogP contribution >= 0.6 is 11.6 Å². The molecular weight excluding hydrogens is 262 g/mol. The highest BCUT2D eigenvalue weighted by atomic mass is 35.5. The van der Waals surface area contributed by atoms with Crippen LogP contribution in [-0.4, -0.2) is 23.7 Å². The number of nitrogens with zero attached hydrogens (tertiary/aromatic N) is 1. The fourth-order valence-electron chi connectivity index (χ4n) is 2.50. The Balaban J connectivity index is 1.81. The van der Waals surface area contributed by atoms with Gasteiger partial charge in [-0.05, 0) is 50.2 Å². The zero-order valence-corrected chi connectivity index (χ0v) is 11.9. The van der Waals surface area contributed by atoms with E-state index in [4.69, 9.17) is 22.2 Å². The molecule has 2 unspecified atom stereocenters. The number of nitrogens with two attached hydrogens (primary N) is 1. The Labute approximate surface area is 119 Å². The van der Waals surface area contributed by atoms with Crippen molar-refractivity contribution in [1.82, 2.24) is 10.4 Å². The minimum absolute atomic E-state index is 0.227. The third-order valence-electron chi connectivity index (χ3n) is 3.67. The lowest BCUT2D eigenvalue weighted by atomic mass is 9.98. The van der Waals surface area contributed by atoms with E-state index >= 15 is 0 Å². The Morgan fingerprint density at radius 2 is 2.42 bits per heavy atom. The molecule has 5 heteroatoms. The van der Waals surface area contributed by atoms with Crippen LogP contribution in [0.25, 0.3) is 0 Å². The van der Waals surface area contributed by atoms with Gasteiger partial charge in [-0.15, -0.1) is 0 Å². The monoisotopic (exact) mass is 283 g/mol. The van der Waals surface area contributed by atoms with Gasteiger partial charge in [0.25, 0.3) is 0 Å². The maximum absolute atomic E-state index is 6.12. The zero-order valence-electron chi connectivity index (χ0n) is 11.1. The molecule has 0 aliphatic carbocycles. The first-order valence-corrected chi connectivity index (χ1v) is 7.33. The molecule has 2 atom stereocenters. The second-order valence-corrected chi connectivity index (χ2v) is 5.51. The first kappa shape index (κ1) is 14.7. The van der Waals surface area contributed by atoms with Crippen LogP contribution in [0.3, 0.4) is 0 Å². The van der Waals surface area contributed by atoms with E-state index in [1.807, 2.05) is 6.07 Å². The van der Waals surface area contributed by atoms with Crippen molar-refractivity contribution in [2.75, 3.05) is 6.61 Å². The van der Waals surface area contributed by atoms with Crippen LogP contribution in [0.2, 0.25) is 5.02 Å². The highest BCUT2D eigenvalue weighted by molar-refractivity contribution is 6.31. The molecule has 1 aromatic heterocycles. The van der Waals surface area contributed by atoms with Crippen molar-refractivity contribution in [3.63, 3.8) is 0 Å². The number of halogens is 1. The second-order valence-electron chi connectivity index (χ2n) is 5.10. The molecule has 3 N–H and O–H groups in total. The quantitative estimate of drug-likeness (QED) is 0.622. The molecule has 0 saturated carbocycles. The second kappa shape index (κ2) is 7.80. The van der Waals surface area contributed by atoms with E-state index in [0.717, 1.165) is 31.4 Å². The van der Waals surface area contributed by atoms with Crippen LogP contribution < -0.4 is 11.3 Å². The Bertz CT molecular complexity index is 383. The van der Waals surface area contributed by atoms with Gasteiger partial charge in [0.2, 0.25) is 0 Å². The highest BCUT2D eigenvalue weighted by Crippen LogP contribution is 2.20. The summed E-state index contributed by atoms with van der Waals surface area (Å²) in [5.74, 6) is 5.64. The van der Waals surface area contributed by atoms with Gasteiger partial charge < -0.3 is 4.74 Å². The van der Waals surface area contributed by atoms with E-state index < -0.39 is 0 Å². The minimum atomic E-state index is 0.227. The molecule has 1 aromatic rings. The molecule has 106 valence electrons. The first-order valence-electron chi connectivity index (χ1n) is 6.95. The maximum atomic E-state index is 6.12. The molecule has 1 saturated heterocycles. The Morgan fingerprint density at radius 1 is 1.53 bits per heavy atom. The van der Waals surface area contributed by atoms with Gasteiger partial charge in [-0.1, -0.05) is 11.6 Å². The van der Waals surface area contributed by atoms with Crippen molar-refractivity contribution in [3.05, 3.63) is 29.0 Å². The maximum Gasteiger partial charge on any atom is 0.0621 e. The Hall–Kier alpha value is -0.680. The van der Waals surface area contributed by atoms with Crippen molar-refractivity contribution < 1.29 is 4.74 Å². The Morgan fingerprint density at radius 3 is 3.11 bits per heavy atom. The summed E-state index contributed by atoms with van der Waals surface area (Å²) in [6.45, 7) is 0.904. The average Bonchev–Trinajstić information content (AvgIpc) is 2.46. The first-order chi connectivity index (χ1) is 9.29. The van der Waals surface area contributed by atoms with Crippen LogP contribution in [0.5, 0.6) is 0 Å². The SMILES string of the molecule is NNC(CCC1CCCCO1)Cc1ccncc1Cl. The van der Waals surface area contributed by atoms with E-state index in [1.165, 1.54) is 19.3 Å². The predicted molar refractivity (Wildman–Crippen MR) is 76.9 cm³/mol. The zero-order chi connectivity index (χ0) is 13.5. The van der Waals surface area contributed by atoms with E-state index in [-0.39, 0.29) is 6.04 Å². The van der Waals surface area contributed by atoms with Crippen molar-refractivity contribution >= 4 is 11.6 Å². The molecule has 1 aliphatic heterocycles. The molecule has 0 amide bonds. The molecular formula is C14H22ClN3O. The molecule has 1 fully saturated rings. The molecule has 2 heterocycles. The summed E-state index contributed by atoms with van der Waals surface area (Å²) in [4.78, 5) is 3.99. The Kier molecular flexibility index (Phi) is 6.04. The van der Waals surface area contributed by atoms with E-state index in [9.17, 15) is 0 Å². The highest BCUT2D eigenvalue weighted by Gasteiger charge is 2.17. The summed E-state index contributed by atoms with van der Waals surface area (Å²) in [6, 6.07) is 2.18. The van der Waals surface area contributed by atoms with Gasteiger partial charge in [0.15, 0.2) is 0 Å². The van der Waals surface area contributed by atoms with Crippen molar-refractivity contribution in [2.24, 2.45) is 5.84 Å². The number of aromatic nitrogens is 1. The van der Waals surface area contributed by atoms with Gasteiger partial charge >= 0.3 is 0 Å². The van der Waals surface area contributed by atoms with Crippen molar-refractivity contribution in [2.45, 2.75) is 50.7 Å². The summed E-state index contributed by atoms with van der Waals surface area (Å²) in [5, 5.41) is 0.705. The molecule has 1 aliphatic rings. The van der Waals surface area contributed by atoms with Crippen molar-refractivity contribution in [3.8, 4) is 0 Å². The number of hydrogen-bond donors (Lipinski definition) is 2. The smallest absolute Gasteiger partial charge is 0.0621 e. The van der Waals surface area contributed by atoms with Crippen LogP contribution in [0.4, 0.5) is 0 Å². The average molecular weight is 284 g/mol. The largest absolute Gasteiger partial charge is 0.378 e. The molecule has 0 radical (unpaired) electrons. The summed E-state index contributed by atoms with van der Waals surface area (Å²) < 4.78 is 5.74. The molecule has 19 heavy (non-hydrogen) atoms. The summed E-state index contributed by atoms with van der Waals surface area (Å²) >= 11 is 6.12. The minimum Gasteiger partial charge on any atom is -0.378 e.